The number of carbonyl (C=O) groups excluding carboxylic acids is 1. The topological polar surface area (TPSA) is 110 Å². The number of rotatable bonds is 4. The molecule has 1 aromatic carbocycles. The molecule has 0 unspecified atom stereocenters. The highest BCUT2D eigenvalue weighted by molar-refractivity contribution is 7.21. The Bertz CT molecular complexity index is 1250. The van der Waals surface area contributed by atoms with Gasteiger partial charge in [0, 0.05) is 16.0 Å². The monoisotopic (exact) mass is 457 g/mol. The molecule has 3 N–H and O–H groups in total. The number of pyridine rings is 1. The van der Waals surface area contributed by atoms with E-state index in [1.54, 1.807) is 11.0 Å². The zero-order valence-corrected chi connectivity index (χ0v) is 17.8. The van der Waals surface area contributed by atoms with Crippen molar-refractivity contribution in [3.05, 3.63) is 52.5 Å². The maximum Gasteiger partial charge on any atom is 0.306 e. The fraction of sp³-hybridized carbons (Fsp3) is 0.200. The average molecular weight is 458 g/mol. The Morgan fingerprint density at radius 3 is 2.74 bits per heavy atom. The second-order valence-electron chi connectivity index (χ2n) is 6.91. The van der Waals surface area contributed by atoms with E-state index in [2.05, 4.69) is 15.6 Å². The summed E-state index contributed by atoms with van der Waals surface area (Å²) in [5, 5.41) is 10.0. The van der Waals surface area contributed by atoms with Crippen LogP contribution in [-0.2, 0) is 4.74 Å². The number of fused-ring (bicyclic) bond motifs is 1. The minimum Gasteiger partial charge on any atom is -0.397 e. The summed E-state index contributed by atoms with van der Waals surface area (Å²) >= 11 is 7.19. The number of morpholine rings is 1. The van der Waals surface area contributed by atoms with E-state index in [9.17, 15) is 4.79 Å². The van der Waals surface area contributed by atoms with Gasteiger partial charge in [0.1, 0.15) is 9.71 Å². The summed E-state index contributed by atoms with van der Waals surface area (Å²) in [5.74, 6) is -0.151. The number of hydrogen-bond acceptors (Lipinski definition) is 8. The van der Waals surface area contributed by atoms with Crippen LogP contribution in [0.5, 0.6) is 0 Å². The third kappa shape index (κ3) is 3.92. The third-order valence-corrected chi connectivity index (χ3v) is 6.28. The predicted octanol–water partition coefficient (Wildman–Crippen LogP) is 2.69. The number of hydrogen-bond donors (Lipinski definition) is 2. The summed E-state index contributed by atoms with van der Waals surface area (Å²) < 4.78 is 10.6. The lowest BCUT2D eigenvalue weighted by atomic mass is 10.1. The van der Waals surface area contributed by atoms with Crippen LogP contribution in [0.3, 0.4) is 0 Å². The molecule has 4 heterocycles. The quantitative estimate of drug-likeness (QED) is 0.453. The van der Waals surface area contributed by atoms with Gasteiger partial charge >= 0.3 is 5.88 Å². The van der Waals surface area contributed by atoms with Gasteiger partial charge in [-0.05, 0) is 24.3 Å². The van der Waals surface area contributed by atoms with Gasteiger partial charge in [-0.15, -0.1) is 16.3 Å². The SMILES string of the molecule is Nc1c(C(=O)Nc2c[n+](N3CCOCC3)no2)sc2nc(-c3ccc(Cl)cc3)ccc12. The largest absolute Gasteiger partial charge is 0.397 e. The maximum absolute atomic E-state index is 12.8. The molecule has 11 heteroatoms. The molecule has 1 fully saturated rings. The first-order valence-electron chi connectivity index (χ1n) is 9.56. The van der Waals surface area contributed by atoms with Gasteiger partial charge in [-0.1, -0.05) is 23.7 Å². The van der Waals surface area contributed by atoms with Gasteiger partial charge in [0.15, 0.2) is 0 Å². The molecule has 31 heavy (non-hydrogen) atoms. The fourth-order valence-corrected chi connectivity index (χ4v) is 4.42. The van der Waals surface area contributed by atoms with Crippen molar-refractivity contribution in [1.82, 2.24) is 10.3 Å². The number of aromatic nitrogens is 3. The van der Waals surface area contributed by atoms with E-state index in [1.807, 2.05) is 41.4 Å². The second-order valence-corrected chi connectivity index (χ2v) is 8.34. The van der Waals surface area contributed by atoms with Gasteiger partial charge < -0.3 is 10.5 Å². The Morgan fingerprint density at radius 2 is 1.97 bits per heavy atom. The molecule has 0 saturated carbocycles. The van der Waals surface area contributed by atoms with Crippen LogP contribution in [0.4, 0.5) is 11.6 Å². The number of thiophene rings is 1. The standard InChI is InChI=1S/C20H17ClN6O3S/c21-13-3-1-12(2-4-13)15-6-5-14-17(22)18(31-20(14)23-15)19(28)24-16-11-27(25-30-16)26-7-9-29-10-8-26/h1-6,11H,7-10H2,(H2-,22,24,25,28)/p+1. The van der Waals surface area contributed by atoms with Crippen LogP contribution < -0.4 is 20.9 Å². The molecule has 4 aromatic rings. The number of ether oxygens (including phenoxy) is 1. The summed E-state index contributed by atoms with van der Waals surface area (Å²) in [6.45, 7) is 2.61. The molecule has 1 saturated heterocycles. The Kier molecular flexibility index (Phi) is 5.18. The molecule has 1 aliphatic rings. The van der Waals surface area contributed by atoms with E-state index >= 15 is 0 Å². The van der Waals surface area contributed by atoms with Gasteiger partial charge in [0.05, 0.1) is 42.5 Å². The van der Waals surface area contributed by atoms with Crippen LogP contribution in [0.25, 0.3) is 21.5 Å². The van der Waals surface area contributed by atoms with Crippen molar-refractivity contribution in [2.75, 3.05) is 42.4 Å². The van der Waals surface area contributed by atoms with E-state index in [-0.39, 0.29) is 11.8 Å². The number of nitrogen functional groups attached to an aromatic ring is 1. The van der Waals surface area contributed by atoms with Crippen molar-refractivity contribution in [2.24, 2.45) is 0 Å². The summed E-state index contributed by atoms with van der Waals surface area (Å²) in [5.41, 5.74) is 8.33. The molecular formula is C20H18ClN6O3S+. The molecule has 0 bridgehead atoms. The highest BCUT2D eigenvalue weighted by Gasteiger charge is 2.25. The number of nitrogens with two attached hydrogens (primary N) is 1. The third-order valence-electron chi connectivity index (χ3n) is 4.91. The zero-order valence-electron chi connectivity index (χ0n) is 16.2. The zero-order chi connectivity index (χ0) is 21.4. The summed E-state index contributed by atoms with van der Waals surface area (Å²) in [6.07, 6.45) is 1.61. The Labute approximate surface area is 185 Å². The van der Waals surface area contributed by atoms with Gasteiger partial charge in [0.2, 0.25) is 5.27 Å². The van der Waals surface area contributed by atoms with E-state index in [4.69, 9.17) is 26.6 Å². The molecule has 158 valence electrons. The number of benzene rings is 1. The molecule has 1 aliphatic heterocycles. The van der Waals surface area contributed by atoms with Crippen molar-refractivity contribution < 1.29 is 18.8 Å². The van der Waals surface area contributed by atoms with E-state index in [0.717, 1.165) is 16.6 Å². The molecule has 0 aliphatic carbocycles. The smallest absolute Gasteiger partial charge is 0.306 e. The Morgan fingerprint density at radius 1 is 1.19 bits per heavy atom. The number of nitrogens with zero attached hydrogens (tertiary/aromatic N) is 4. The van der Waals surface area contributed by atoms with Crippen LogP contribution in [0.2, 0.25) is 5.02 Å². The lowest BCUT2D eigenvalue weighted by molar-refractivity contribution is -0.759. The lowest BCUT2D eigenvalue weighted by Crippen LogP contribution is -2.62. The van der Waals surface area contributed by atoms with Crippen molar-refractivity contribution in [3.63, 3.8) is 0 Å². The highest BCUT2D eigenvalue weighted by Crippen LogP contribution is 2.34. The predicted molar refractivity (Wildman–Crippen MR) is 118 cm³/mol. The number of halogens is 1. The molecule has 0 radical (unpaired) electrons. The van der Waals surface area contributed by atoms with Crippen LogP contribution >= 0.6 is 22.9 Å². The number of anilines is 2. The van der Waals surface area contributed by atoms with Gasteiger partial charge in [-0.25, -0.2) is 4.98 Å². The summed E-state index contributed by atoms with van der Waals surface area (Å²) in [6, 6.07) is 11.2. The van der Waals surface area contributed by atoms with Gasteiger partial charge in [0.25, 0.3) is 12.1 Å². The molecule has 0 spiro atoms. The summed E-state index contributed by atoms with van der Waals surface area (Å²) in [7, 11) is 0. The summed E-state index contributed by atoms with van der Waals surface area (Å²) in [4.78, 5) is 20.1. The number of nitrogens with one attached hydrogen (secondary N) is 1. The second kappa shape index (κ2) is 8.14. The Hall–Kier alpha value is -3.21. The van der Waals surface area contributed by atoms with Gasteiger partial charge in [-0.2, -0.15) is 0 Å². The highest BCUT2D eigenvalue weighted by atomic mass is 35.5. The first-order valence-corrected chi connectivity index (χ1v) is 10.8. The van der Waals surface area contributed by atoms with Gasteiger partial charge in [-0.3, -0.25) is 14.6 Å². The van der Waals surface area contributed by atoms with Crippen molar-refractivity contribution in [3.8, 4) is 11.3 Å². The van der Waals surface area contributed by atoms with Crippen LogP contribution in [0.1, 0.15) is 9.67 Å². The van der Waals surface area contributed by atoms with Crippen molar-refractivity contribution in [2.45, 2.75) is 0 Å². The molecule has 5 rings (SSSR count). The molecule has 0 atom stereocenters. The Balaban J connectivity index is 1.38. The first kappa shape index (κ1) is 19.7. The average Bonchev–Trinajstić information content (AvgIpc) is 3.39. The van der Waals surface area contributed by atoms with Crippen molar-refractivity contribution >= 4 is 50.6 Å². The molecule has 9 nitrogen and oxygen atoms in total. The minimum absolute atomic E-state index is 0.225. The molecule has 1 amide bonds. The molecule has 3 aromatic heterocycles. The normalized spacial score (nSPS) is 14.2. The number of carbonyl (C=O) groups is 1. The first-order chi connectivity index (χ1) is 15.1. The van der Waals surface area contributed by atoms with E-state index < -0.39 is 0 Å². The number of amides is 1. The van der Waals surface area contributed by atoms with E-state index in [1.165, 1.54) is 11.3 Å². The van der Waals surface area contributed by atoms with Crippen LogP contribution in [0, 0.1) is 0 Å². The van der Waals surface area contributed by atoms with Crippen LogP contribution in [-0.4, -0.2) is 42.5 Å². The maximum atomic E-state index is 12.8. The van der Waals surface area contributed by atoms with E-state index in [0.29, 0.717) is 46.7 Å². The lowest BCUT2D eigenvalue weighted by Gasteiger charge is -2.18. The fourth-order valence-electron chi connectivity index (χ4n) is 3.30. The molecular weight excluding hydrogens is 440 g/mol. The minimum atomic E-state index is -0.376. The van der Waals surface area contributed by atoms with Crippen LogP contribution in [0.15, 0.2) is 47.1 Å². The van der Waals surface area contributed by atoms with Crippen molar-refractivity contribution in [1.29, 1.82) is 0 Å².